The van der Waals surface area contributed by atoms with E-state index in [0.717, 1.165) is 6.07 Å². The van der Waals surface area contributed by atoms with Crippen molar-refractivity contribution in [3.8, 4) is 11.8 Å². The zero-order valence-corrected chi connectivity index (χ0v) is 9.50. The minimum atomic E-state index is -0.721. The molecule has 0 saturated carbocycles. The second-order valence-electron chi connectivity index (χ2n) is 3.35. The minimum Gasteiger partial charge on any atom is -0.368 e. The molecule has 18 heavy (non-hydrogen) atoms. The molecule has 0 atom stereocenters. The van der Waals surface area contributed by atoms with Gasteiger partial charge in [0.2, 0.25) is 5.91 Å². The van der Waals surface area contributed by atoms with E-state index in [1.807, 2.05) is 0 Å². The summed E-state index contributed by atoms with van der Waals surface area (Å²) in [5, 5.41) is 2.19. The molecule has 0 unspecified atom stereocenters. The Labute approximate surface area is 103 Å². The summed E-state index contributed by atoms with van der Waals surface area (Å²) < 4.78 is 13.6. The largest absolute Gasteiger partial charge is 0.368 e. The molecule has 1 aromatic carbocycles. The summed E-state index contributed by atoms with van der Waals surface area (Å²) in [6.45, 7) is -0.171. The molecule has 0 bridgehead atoms. The van der Waals surface area contributed by atoms with Gasteiger partial charge in [0, 0.05) is 5.56 Å². The number of hydrogen-bond acceptors (Lipinski definition) is 3. The quantitative estimate of drug-likeness (QED) is 0.621. The zero-order valence-electron chi connectivity index (χ0n) is 9.50. The molecular weight excluding hydrogens is 237 g/mol. The first-order chi connectivity index (χ1) is 8.54. The minimum absolute atomic E-state index is 0.169. The van der Waals surface area contributed by atoms with Crippen molar-refractivity contribution in [3.05, 3.63) is 35.1 Å². The van der Waals surface area contributed by atoms with E-state index in [4.69, 9.17) is 11.5 Å². The van der Waals surface area contributed by atoms with Crippen LogP contribution in [0.5, 0.6) is 0 Å². The van der Waals surface area contributed by atoms with Crippen LogP contribution in [0.25, 0.3) is 0 Å². The predicted molar refractivity (Wildman–Crippen MR) is 63.9 cm³/mol. The molecule has 0 aliphatic carbocycles. The van der Waals surface area contributed by atoms with Crippen LogP contribution in [0.1, 0.15) is 15.9 Å². The van der Waals surface area contributed by atoms with Crippen LogP contribution in [0, 0.1) is 17.7 Å². The van der Waals surface area contributed by atoms with Crippen LogP contribution in [0.2, 0.25) is 0 Å². The van der Waals surface area contributed by atoms with Crippen molar-refractivity contribution in [2.45, 2.75) is 0 Å². The fourth-order valence-electron chi connectivity index (χ4n) is 1.19. The van der Waals surface area contributed by atoms with E-state index in [1.54, 1.807) is 0 Å². The molecule has 2 amide bonds. The van der Waals surface area contributed by atoms with Gasteiger partial charge in [-0.2, -0.15) is 0 Å². The molecule has 0 aliphatic rings. The lowest BCUT2D eigenvalue weighted by Gasteiger charge is -2.04. The van der Waals surface area contributed by atoms with Crippen LogP contribution in [-0.4, -0.2) is 24.9 Å². The van der Waals surface area contributed by atoms with Gasteiger partial charge in [-0.25, -0.2) is 4.39 Å². The number of carbonyl (C=O) groups excluding carboxylic acids is 2. The molecule has 1 aromatic rings. The van der Waals surface area contributed by atoms with Gasteiger partial charge in [0.15, 0.2) is 0 Å². The van der Waals surface area contributed by atoms with E-state index in [1.165, 1.54) is 12.1 Å². The second kappa shape index (κ2) is 6.37. The van der Waals surface area contributed by atoms with E-state index in [2.05, 4.69) is 17.2 Å². The summed E-state index contributed by atoms with van der Waals surface area (Å²) >= 11 is 0. The number of amides is 2. The lowest BCUT2D eigenvalue weighted by atomic mass is 10.1. The molecule has 0 heterocycles. The van der Waals surface area contributed by atoms with E-state index in [0.29, 0.717) is 5.56 Å². The fraction of sp³-hybridized carbons (Fsp3) is 0.167. The Morgan fingerprint density at radius 3 is 2.67 bits per heavy atom. The molecule has 0 fully saturated rings. The standard InChI is InChI=1S/C12H12FN3O2/c13-10-6-8(2-1-5-14)3-4-9(10)12(18)16-7-11(15)17/h3-4,6H,5,7,14H2,(H2,15,17)(H,16,18). The van der Waals surface area contributed by atoms with Crippen molar-refractivity contribution >= 4 is 11.8 Å². The number of hydrogen-bond donors (Lipinski definition) is 3. The van der Waals surface area contributed by atoms with Gasteiger partial charge in [-0.15, -0.1) is 0 Å². The van der Waals surface area contributed by atoms with Gasteiger partial charge in [-0.05, 0) is 18.2 Å². The maximum atomic E-state index is 13.6. The average Bonchev–Trinajstić information content (AvgIpc) is 2.33. The molecule has 5 nitrogen and oxygen atoms in total. The zero-order chi connectivity index (χ0) is 13.5. The Morgan fingerprint density at radius 2 is 2.11 bits per heavy atom. The van der Waals surface area contributed by atoms with Gasteiger partial charge < -0.3 is 16.8 Å². The lowest BCUT2D eigenvalue weighted by molar-refractivity contribution is -0.117. The highest BCUT2D eigenvalue weighted by Gasteiger charge is 2.12. The van der Waals surface area contributed by atoms with Crippen molar-refractivity contribution < 1.29 is 14.0 Å². The third kappa shape index (κ3) is 3.88. The highest BCUT2D eigenvalue weighted by molar-refractivity contribution is 5.96. The molecule has 0 saturated heterocycles. The first-order valence-corrected chi connectivity index (χ1v) is 5.09. The normalized spacial score (nSPS) is 9.22. The summed E-state index contributed by atoms with van der Waals surface area (Å²) in [5.41, 5.74) is 10.3. The third-order valence-electron chi connectivity index (χ3n) is 1.97. The second-order valence-corrected chi connectivity index (χ2v) is 3.35. The van der Waals surface area contributed by atoms with E-state index in [9.17, 15) is 14.0 Å². The Kier molecular flexibility index (Phi) is 4.84. The van der Waals surface area contributed by atoms with Crippen LogP contribution >= 0.6 is 0 Å². The van der Waals surface area contributed by atoms with E-state index >= 15 is 0 Å². The van der Waals surface area contributed by atoms with Crippen LogP contribution in [0.4, 0.5) is 4.39 Å². The summed E-state index contributed by atoms with van der Waals surface area (Å²) in [6.07, 6.45) is 0. The van der Waals surface area contributed by atoms with Gasteiger partial charge in [-0.1, -0.05) is 11.8 Å². The summed E-state index contributed by atoms with van der Waals surface area (Å²) in [5.74, 6) is 3.09. The van der Waals surface area contributed by atoms with Crippen molar-refractivity contribution in [2.75, 3.05) is 13.1 Å². The van der Waals surface area contributed by atoms with Crippen molar-refractivity contribution in [3.63, 3.8) is 0 Å². The number of carbonyl (C=O) groups is 2. The van der Waals surface area contributed by atoms with Crippen molar-refractivity contribution in [1.29, 1.82) is 0 Å². The van der Waals surface area contributed by atoms with Gasteiger partial charge >= 0.3 is 0 Å². The molecule has 5 N–H and O–H groups in total. The van der Waals surface area contributed by atoms with Gasteiger partial charge in [0.1, 0.15) is 5.82 Å². The van der Waals surface area contributed by atoms with Crippen LogP contribution in [-0.2, 0) is 4.79 Å². The Balaban J connectivity index is 2.85. The van der Waals surface area contributed by atoms with E-state index < -0.39 is 17.6 Å². The number of benzene rings is 1. The topological polar surface area (TPSA) is 98.2 Å². The van der Waals surface area contributed by atoms with Gasteiger partial charge in [-0.3, -0.25) is 9.59 Å². The molecule has 6 heteroatoms. The first kappa shape index (κ1) is 13.7. The Morgan fingerprint density at radius 1 is 1.39 bits per heavy atom. The highest BCUT2D eigenvalue weighted by Crippen LogP contribution is 2.09. The highest BCUT2D eigenvalue weighted by atomic mass is 19.1. The maximum Gasteiger partial charge on any atom is 0.254 e. The smallest absolute Gasteiger partial charge is 0.254 e. The SMILES string of the molecule is NCC#Cc1ccc(C(=O)NCC(N)=O)c(F)c1. The Hall–Kier alpha value is -2.39. The lowest BCUT2D eigenvalue weighted by Crippen LogP contribution is -2.33. The average molecular weight is 249 g/mol. The monoisotopic (exact) mass is 249 g/mol. The first-order valence-electron chi connectivity index (χ1n) is 5.09. The van der Waals surface area contributed by atoms with Crippen molar-refractivity contribution in [2.24, 2.45) is 11.5 Å². The third-order valence-corrected chi connectivity index (χ3v) is 1.97. The number of nitrogens with two attached hydrogens (primary N) is 2. The molecule has 94 valence electrons. The molecule has 0 aliphatic heterocycles. The molecule has 0 aromatic heterocycles. The van der Waals surface area contributed by atoms with Gasteiger partial charge in [0.25, 0.3) is 5.91 Å². The van der Waals surface area contributed by atoms with Crippen molar-refractivity contribution in [1.82, 2.24) is 5.32 Å². The fourth-order valence-corrected chi connectivity index (χ4v) is 1.19. The van der Waals surface area contributed by atoms with Crippen LogP contribution < -0.4 is 16.8 Å². The molecule has 0 spiro atoms. The number of nitrogens with one attached hydrogen (secondary N) is 1. The summed E-state index contributed by atoms with van der Waals surface area (Å²) in [6, 6.07) is 3.90. The summed E-state index contributed by atoms with van der Waals surface area (Å²) in [7, 11) is 0. The Bertz CT molecular complexity index is 532. The summed E-state index contributed by atoms with van der Waals surface area (Å²) in [4.78, 5) is 22.0. The molecule has 0 radical (unpaired) electrons. The van der Waals surface area contributed by atoms with Crippen LogP contribution in [0.3, 0.4) is 0 Å². The predicted octanol–water partition coefficient (Wildman–Crippen LogP) is -0.649. The maximum absolute atomic E-state index is 13.6. The number of primary amides is 1. The van der Waals surface area contributed by atoms with E-state index in [-0.39, 0.29) is 18.7 Å². The molecule has 1 rings (SSSR count). The number of rotatable bonds is 3. The molecular formula is C12H12FN3O2. The number of halogens is 1. The van der Waals surface area contributed by atoms with Gasteiger partial charge in [0.05, 0.1) is 18.7 Å². The van der Waals surface area contributed by atoms with Crippen LogP contribution in [0.15, 0.2) is 18.2 Å².